The second-order valence-corrected chi connectivity index (χ2v) is 4.79. The summed E-state index contributed by atoms with van der Waals surface area (Å²) >= 11 is 4.23. The Hall–Kier alpha value is -1.05. The Morgan fingerprint density at radius 1 is 1.61 bits per heavy atom. The van der Waals surface area contributed by atoms with Gasteiger partial charge in [-0.15, -0.1) is 0 Å². The van der Waals surface area contributed by atoms with Gasteiger partial charge in [0.1, 0.15) is 6.23 Å². The van der Waals surface area contributed by atoms with Crippen molar-refractivity contribution < 1.29 is 4.74 Å². The number of nitrogens with one attached hydrogen (secondary N) is 2. The van der Waals surface area contributed by atoms with Crippen LogP contribution in [0.15, 0.2) is 15.8 Å². The summed E-state index contributed by atoms with van der Waals surface area (Å²) < 4.78 is 7.21. The molecule has 3 unspecified atom stereocenters. The number of aromatic nitrogens is 2. The van der Waals surface area contributed by atoms with E-state index in [4.69, 9.17) is 4.74 Å². The molecule has 6 nitrogen and oxygen atoms in total. The van der Waals surface area contributed by atoms with Crippen molar-refractivity contribution in [3.63, 3.8) is 0 Å². The van der Waals surface area contributed by atoms with Gasteiger partial charge in [0, 0.05) is 30.0 Å². The van der Waals surface area contributed by atoms with E-state index in [0.29, 0.717) is 17.7 Å². The number of nitrogens with zero attached hydrogens (tertiary/aromatic N) is 1. The van der Waals surface area contributed by atoms with Crippen molar-refractivity contribution >= 4 is 12.6 Å². The van der Waals surface area contributed by atoms with Gasteiger partial charge < -0.3 is 10.1 Å². The zero-order valence-electron chi connectivity index (χ0n) is 10.3. The van der Waals surface area contributed by atoms with Crippen LogP contribution in [0.4, 0.5) is 0 Å². The molecule has 1 aliphatic rings. The van der Waals surface area contributed by atoms with Crippen LogP contribution in [-0.4, -0.2) is 34.5 Å². The Morgan fingerprint density at radius 2 is 2.33 bits per heavy atom. The summed E-state index contributed by atoms with van der Waals surface area (Å²) in [6.07, 6.45) is 1.82. The van der Waals surface area contributed by atoms with Crippen LogP contribution >= 0.6 is 12.6 Å². The van der Waals surface area contributed by atoms with Crippen LogP contribution in [0.3, 0.4) is 0 Å². The quantitative estimate of drug-likeness (QED) is 0.657. The predicted molar refractivity (Wildman–Crippen MR) is 71.3 cm³/mol. The zero-order chi connectivity index (χ0) is 13.3. The third-order valence-electron chi connectivity index (χ3n) is 3.24. The minimum absolute atomic E-state index is 0.0394. The molecule has 1 aromatic rings. The number of H-pyrrole nitrogens is 1. The Morgan fingerprint density at radius 3 is 2.89 bits per heavy atom. The monoisotopic (exact) mass is 271 g/mol. The lowest BCUT2D eigenvalue weighted by Gasteiger charge is -2.15. The van der Waals surface area contributed by atoms with Crippen molar-refractivity contribution in [3.05, 3.63) is 32.6 Å². The van der Waals surface area contributed by atoms with E-state index in [9.17, 15) is 9.59 Å². The molecule has 0 bridgehead atoms. The topological polar surface area (TPSA) is 76.1 Å². The second-order valence-electron chi connectivity index (χ2n) is 4.42. The number of likely N-dealkylation sites (N-methyl/N-ethyl adjacent to an activating group) is 1. The largest absolute Gasteiger partial charge is 0.352 e. The summed E-state index contributed by atoms with van der Waals surface area (Å²) in [5.74, 6) is 0.582. The van der Waals surface area contributed by atoms with E-state index in [1.165, 1.54) is 4.57 Å². The van der Waals surface area contributed by atoms with Gasteiger partial charge in [-0.2, -0.15) is 12.6 Å². The molecule has 0 aliphatic carbocycles. The summed E-state index contributed by atoms with van der Waals surface area (Å²) in [6, 6.07) is 0.159. The van der Waals surface area contributed by atoms with E-state index < -0.39 is 5.69 Å². The highest BCUT2D eigenvalue weighted by Gasteiger charge is 2.34. The van der Waals surface area contributed by atoms with Crippen LogP contribution in [-0.2, 0) is 4.74 Å². The highest BCUT2D eigenvalue weighted by atomic mass is 32.1. The van der Waals surface area contributed by atoms with Gasteiger partial charge in [-0.3, -0.25) is 14.3 Å². The summed E-state index contributed by atoms with van der Waals surface area (Å²) in [4.78, 5) is 25.4. The molecule has 1 aromatic heterocycles. The Kier molecular flexibility index (Phi) is 3.94. The maximum Gasteiger partial charge on any atom is 0.330 e. The minimum Gasteiger partial charge on any atom is -0.352 e. The molecule has 0 amide bonds. The summed E-state index contributed by atoms with van der Waals surface area (Å²) in [5.41, 5.74) is -0.302. The highest BCUT2D eigenvalue weighted by Crippen LogP contribution is 2.27. The first kappa shape index (κ1) is 13.4. The van der Waals surface area contributed by atoms with Gasteiger partial charge in [0.05, 0.1) is 6.10 Å². The van der Waals surface area contributed by atoms with E-state index in [1.54, 1.807) is 13.1 Å². The van der Waals surface area contributed by atoms with Crippen molar-refractivity contribution in [2.24, 2.45) is 0 Å². The van der Waals surface area contributed by atoms with Crippen molar-refractivity contribution in [3.8, 4) is 0 Å². The summed E-state index contributed by atoms with van der Waals surface area (Å²) in [7, 11) is 1.85. The minimum atomic E-state index is -0.440. The van der Waals surface area contributed by atoms with Gasteiger partial charge in [0.25, 0.3) is 5.56 Å². The molecule has 0 aromatic carbocycles. The molecule has 0 radical (unpaired) electrons. The first-order valence-electron chi connectivity index (χ1n) is 5.82. The van der Waals surface area contributed by atoms with Gasteiger partial charge in [0.2, 0.25) is 0 Å². The number of ether oxygens (including phenoxy) is 1. The average molecular weight is 271 g/mol. The third kappa shape index (κ3) is 2.38. The van der Waals surface area contributed by atoms with E-state index in [-0.39, 0.29) is 23.9 Å². The van der Waals surface area contributed by atoms with Crippen LogP contribution in [0.5, 0.6) is 0 Å². The van der Waals surface area contributed by atoms with Gasteiger partial charge in [-0.25, -0.2) is 4.79 Å². The molecule has 0 spiro atoms. The summed E-state index contributed by atoms with van der Waals surface area (Å²) in [5, 5.41) is 3.15. The number of hydrogen-bond acceptors (Lipinski definition) is 5. The third-order valence-corrected chi connectivity index (χ3v) is 3.60. The van der Waals surface area contributed by atoms with E-state index >= 15 is 0 Å². The lowest BCUT2D eigenvalue weighted by molar-refractivity contribution is 0.00718. The van der Waals surface area contributed by atoms with Crippen molar-refractivity contribution in [2.75, 3.05) is 12.8 Å². The van der Waals surface area contributed by atoms with Gasteiger partial charge in [-0.05, 0) is 14.0 Å². The molecule has 0 saturated carbocycles. The highest BCUT2D eigenvalue weighted by molar-refractivity contribution is 7.80. The fourth-order valence-electron chi connectivity index (χ4n) is 2.17. The van der Waals surface area contributed by atoms with Crippen molar-refractivity contribution in [1.82, 2.24) is 14.9 Å². The second kappa shape index (κ2) is 5.29. The smallest absolute Gasteiger partial charge is 0.330 e. The molecule has 18 heavy (non-hydrogen) atoms. The molecular weight excluding hydrogens is 254 g/mol. The lowest BCUT2D eigenvalue weighted by Crippen LogP contribution is -2.34. The SMILES string of the molecule is CNC1CC(n2cc(C)c(=O)[nH]c2=O)OC1CS. The molecule has 1 aliphatic heterocycles. The van der Waals surface area contributed by atoms with E-state index in [1.807, 2.05) is 7.05 Å². The molecule has 7 heteroatoms. The average Bonchev–Trinajstić information content (AvgIpc) is 2.76. The predicted octanol–water partition coefficient (Wildman–Crippen LogP) is -0.350. The maximum absolute atomic E-state index is 11.8. The van der Waals surface area contributed by atoms with Crippen LogP contribution in [0.1, 0.15) is 18.2 Å². The Balaban J connectivity index is 2.31. The summed E-state index contributed by atoms with van der Waals surface area (Å²) in [6.45, 7) is 1.66. The number of aryl methyl sites for hydroxylation is 1. The number of aromatic amines is 1. The van der Waals surface area contributed by atoms with E-state index in [2.05, 4.69) is 22.9 Å². The molecule has 2 N–H and O–H groups in total. The first-order chi connectivity index (χ1) is 8.56. The Labute approximate surface area is 110 Å². The van der Waals surface area contributed by atoms with Crippen LogP contribution in [0.2, 0.25) is 0 Å². The lowest BCUT2D eigenvalue weighted by atomic mass is 10.1. The zero-order valence-corrected chi connectivity index (χ0v) is 11.2. The number of thiol groups is 1. The van der Waals surface area contributed by atoms with Gasteiger partial charge >= 0.3 is 5.69 Å². The van der Waals surface area contributed by atoms with Gasteiger partial charge in [-0.1, -0.05) is 0 Å². The maximum atomic E-state index is 11.8. The fourth-order valence-corrected chi connectivity index (χ4v) is 2.51. The van der Waals surface area contributed by atoms with Crippen LogP contribution < -0.4 is 16.6 Å². The molecule has 2 rings (SSSR count). The number of rotatable bonds is 3. The molecule has 3 atom stereocenters. The normalized spacial score (nSPS) is 27.6. The number of hydrogen-bond donors (Lipinski definition) is 3. The Bertz CT molecular complexity index is 527. The van der Waals surface area contributed by atoms with Gasteiger partial charge in [0.15, 0.2) is 0 Å². The standard InChI is InChI=1S/C11H17N3O3S/c1-6-4-14(11(16)13-10(6)15)9-3-7(12-2)8(5-18)17-9/h4,7-9,12,18H,3,5H2,1-2H3,(H,13,15,16). The molecule has 1 fully saturated rings. The van der Waals surface area contributed by atoms with E-state index in [0.717, 1.165) is 0 Å². The molecule has 100 valence electrons. The molecular formula is C11H17N3O3S. The van der Waals surface area contributed by atoms with Crippen LogP contribution in [0, 0.1) is 6.92 Å². The van der Waals surface area contributed by atoms with Crippen molar-refractivity contribution in [1.29, 1.82) is 0 Å². The van der Waals surface area contributed by atoms with Crippen molar-refractivity contribution in [2.45, 2.75) is 31.7 Å². The molecule has 2 heterocycles. The first-order valence-corrected chi connectivity index (χ1v) is 6.45. The fraction of sp³-hybridized carbons (Fsp3) is 0.636. The molecule has 1 saturated heterocycles. The van der Waals surface area contributed by atoms with Crippen LogP contribution in [0.25, 0.3) is 0 Å².